The van der Waals surface area contributed by atoms with E-state index in [1.807, 2.05) is 30.3 Å². The lowest BCUT2D eigenvalue weighted by molar-refractivity contribution is -0.147. The van der Waals surface area contributed by atoms with Crippen LogP contribution in [0.3, 0.4) is 0 Å². The van der Waals surface area contributed by atoms with Gasteiger partial charge in [0.1, 0.15) is 10.5 Å². The first-order chi connectivity index (χ1) is 14.7. The Morgan fingerprint density at radius 3 is 2.52 bits per heavy atom. The van der Waals surface area contributed by atoms with Crippen LogP contribution in [0.4, 0.5) is 13.2 Å². The number of aryl methyl sites for hydroxylation is 1. The van der Waals surface area contributed by atoms with Gasteiger partial charge in [-0.3, -0.25) is 9.59 Å². The summed E-state index contributed by atoms with van der Waals surface area (Å²) >= 11 is 0.897. The summed E-state index contributed by atoms with van der Waals surface area (Å²) in [6.07, 6.45) is -4.17. The number of carbonyl (C=O) groups is 2. The average molecular weight is 450 g/mol. The van der Waals surface area contributed by atoms with Crippen LogP contribution in [0.1, 0.15) is 33.4 Å². The van der Waals surface area contributed by atoms with E-state index in [1.165, 1.54) is 6.07 Å². The fraction of sp³-hybridized carbons (Fsp3) is 0.318. The van der Waals surface area contributed by atoms with Crippen molar-refractivity contribution in [1.29, 1.82) is 0 Å². The molecule has 0 fully saturated rings. The third-order valence-corrected chi connectivity index (χ3v) is 5.95. The summed E-state index contributed by atoms with van der Waals surface area (Å²) in [5.41, 5.74) is 0.477. The van der Waals surface area contributed by atoms with E-state index in [2.05, 4.69) is 10.3 Å². The van der Waals surface area contributed by atoms with Gasteiger partial charge in [0.2, 0.25) is 0 Å². The Bertz CT molecular complexity index is 1080. The number of nitrogens with zero attached hydrogens (tertiary/aromatic N) is 1. The van der Waals surface area contributed by atoms with Gasteiger partial charge in [0.25, 0.3) is 5.91 Å². The largest absolute Gasteiger partial charge is 0.466 e. The molecular weight excluding hydrogens is 429 g/mol. The summed E-state index contributed by atoms with van der Waals surface area (Å²) in [6, 6.07) is 11.6. The fourth-order valence-corrected chi connectivity index (χ4v) is 4.26. The van der Waals surface area contributed by atoms with Gasteiger partial charge in [-0.15, -0.1) is 11.3 Å². The highest BCUT2D eigenvalue weighted by Crippen LogP contribution is 2.34. The molecule has 2 aromatic heterocycles. The second kappa shape index (κ2) is 9.47. The van der Waals surface area contributed by atoms with E-state index in [-0.39, 0.29) is 22.9 Å². The Balaban J connectivity index is 1.77. The summed E-state index contributed by atoms with van der Waals surface area (Å²) in [7, 11) is 0. The van der Waals surface area contributed by atoms with Crippen molar-refractivity contribution in [2.24, 2.45) is 5.92 Å². The van der Waals surface area contributed by atoms with Gasteiger partial charge in [0.05, 0.1) is 17.4 Å². The predicted molar refractivity (Wildman–Crippen MR) is 112 cm³/mol. The molecule has 164 valence electrons. The Morgan fingerprint density at radius 1 is 1.16 bits per heavy atom. The molecule has 0 saturated heterocycles. The van der Waals surface area contributed by atoms with Gasteiger partial charge in [-0.1, -0.05) is 30.3 Å². The number of ether oxygens (including phenoxy) is 1. The number of esters is 1. The number of aromatic nitrogens is 1. The highest BCUT2D eigenvalue weighted by molar-refractivity contribution is 7.20. The molecule has 9 heteroatoms. The van der Waals surface area contributed by atoms with E-state index in [9.17, 15) is 22.8 Å². The maximum atomic E-state index is 12.9. The van der Waals surface area contributed by atoms with Crippen LogP contribution in [0.5, 0.6) is 0 Å². The summed E-state index contributed by atoms with van der Waals surface area (Å²) < 4.78 is 43.9. The third kappa shape index (κ3) is 5.41. The van der Waals surface area contributed by atoms with Crippen molar-refractivity contribution >= 4 is 33.4 Å². The number of hydrogen-bond donors (Lipinski definition) is 1. The maximum absolute atomic E-state index is 12.9. The Kier molecular flexibility index (Phi) is 6.94. The van der Waals surface area contributed by atoms with Crippen LogP contribution in [0.2, 0.25) is 0 Å². The molecule has 3 aromatic rings. The molecule has 0 aliphatic carbocycles. The molecule has 0 radical (unpaired) electrons. The van der Waals surface area contributed by atoms with Crippen molar-refractivity contribution in [3.05, 3.63) is 64.2 Å². The van der Waals surface area contributed by atoms with E-state index in [0.717, 1.165) is 23.0 Å². The first-order valence-electron chi connectivity index (χ1n) is 9.66. The lowest BCUT2D eigenvalue weighted by atomic mass is 9.99. The standard InChI is InChI=1S/C22H21F3N2O3S/c1-3-30-21(29)15(11-14-7-5-4-6-8-14)12-26-19(28)18-13(2)16-9-10-17(22(23,24)25)27-20(16)31-18/h4-10,15H,3,11-12H2,1-2H3,(H,26,28). The minimum absolute atomic E-state index is 0.0431. The van der Waals surface area contributed by atoms with Gasteiger partial charge in [0.15, 0.2) is 0 Å². The van der Waals surface area contributed by atoms with Gasteiger partial charge >= 0.3 is 12.1 Å². The zero-order valence-electron chi connectivity index (χ0n) is 17.0. The molecule has 0 aliphatic rings. The number of pyridine rings is 1. The summed E-state index contributed by atoms with van der Waals surface area (Å²) in [4.78, 5) is 29.2. The molecule has 5 nitrogen and oxygen atoms in total. The van der Waals surface area contributed by atoms with Crippen LogP contribution in [0.15, 0.2) is 42.5 Å². The highest BCUT2D eigenvalue weighted by atomic mass is 32.1. The summed E-state index contributed by atoms with van der Waals surface area (Å²) in [6.45, 7) is 3.64. The SMILES string of the molecule is CCOC(=O)C(CNC(=O)c1sc2nc(C(F)(F)F)ccc2c1C)Cc1ccccc1. The Hall–Kier alpha value is -2.94. The quantitative estimate of drug-likeness (QED) is 0.527. The van der Waals surface area contributed by atoms with Crippen molar-refractivity contribution in [2.45, 2.75) is 26.4 Å². The van der Waals surface area contributed by atoms with Crippen LogP contribution in [-0.2, 0) is 22.1 Å². The number of carbonyl (C=O) groups excluding carboxylic acids is 2. The van der Waals surface area contributed by atoms with Gasteiger partial charge in [-0.05, 0) is 43.5 Å². The predicted octanol–water partition coefficient (Wildman–Crippen LogP) is 4.78. The molecule has 2 heterocycles. The fourth-order valence-electron chi connectivity index (χ4n) is 3.17. The number of rotatable bonds is 7. The third-order valence-electron chi connectivity index (χ3n) is 4.75. The number of benzene rings is 1. The Morgan fingerprint density at radius 2 is 1.87 bits per heavy atom. The molecule has 1 amide bonds. The molecule has 0 spiro atoms. The van der Waals surface area contributed by atoms with Crippen molar-refractivity contribution in [2.75, 3.05) is 13.2 Å². The van der Waals surface area contributed by atoms with Crippen LogP contribution in [0.25, 0.3) is 10.2 Å². The number of nitrogens with one attached hydrogen (secondary N) is 1. The van der Waals surface area contributed by atoms with Crippen molar-refractivity contribution in [1.82, 2.24) is 10.3 Å². The smallest absolute Gasteiger partial charge is 0.433 e. The second-order valence-corrected chi connectivity index (χ2v) is 7.95. The molecule has 1 N–H and O–H groups in total. The molecule has 1 aromatic carbocycles. The number of fused-ring (bicyclic) bond motifs is 1. The Labute approximate surface area is 181 Å². The molecule has 0 saturated carbocycles. The van der Waals surface area contributed by atoms with Gasteiger partial charge < -0.3 is 10.1 Å². The number of amides is 1. The first kappa shape index (κ1) is 22.7. The lowest BCUT2D eigenvalue weighted by Gasteiger charge is -2.16. The van der Waals surface area contributed by atoms with Gasteiger partial charge in [-0.2, -0.15) is 13.2 Å². The average Bonchev–Trinajstić information content (AvgIpc) is 3.07. The number of hydrogen-bond acceptors (Lipinski definition) is 5. The van der Waals surface area contributed by atoms with Crippen LogP contribution in [0, 0.1) is 12.8 Å². The van der Waals surface area contributed by atoms with Crippen LogP contribution >= 0.6 is 11.3 Å². The van der Waals surface area contributed by atoms with Crippen molar-refractivity contribution in [3.63, 3.8) is 0 Å². The number of thiophene rings is 1. The van der Waals surface area contributed by atoms with E-state index >= 15 is 0 Å². The van der Waals surface area contributed by atoms with Crippen LogP contribution < -0.4 is 5.32 Å². The molecule has 31 heavy (non-hydrogen) atoms. The number of halogens is 3. The topological polar surface area (TPSA) is 68.3 Å². The molecule has 3 rings (SSSR count). The highest BCUT2D eigenvalue weighted by Gasteiger charge is 2.33. The summed E-state index contributed by atoms with van der Waals surface area (Å²) in [5, 5.41) is 3.22. The minimum atomic E-state index is -4.56. The normalized spacial score (nSPS) is 12.5. The molecule has 1 atom stereocenters. The van der Waals surface area contributed by atoms with Crippen LogP contribution in [-0.4, -0.2) is 30.0 Å². The van der Waals surface area contributed by atoms with Gasteiger partial charge in [0, 0.05) is 11.9 Å². The lowest BCUT2D eigenvalue weighted by Crippen LogP contribution is -2.35. The van der Waals surface area contributed by atoms with E-state index in [1.54, 1.807) is 13.8 Å². The monoisotopic (exact) mass is 450 g/mol. The molecular formula is C22H21F3N2O3S. The summed E-state index contributed by atoms with van der Waals surface area (Å²) in [5.74, 6) is -1.47. The maximum Gasteiger partial charge on any atom is 0.433 e. The molecule has 1 unspecified atom stereocenters. The van der Waals surface area contributed by atoms with Crippen molar-refractivity contribution < 1.29 is 27.5 Å². The zero-order valence-corrected chi connectivity index (χ0v) is 17.8. The second-order valence-electron chi connectivity index (χ2n) is 6.95. The zero-order chi connectivity index (χ0) is 22.6. The molecule has 0 bridgehead atoms. The van der Waals surface area contributed by atoms with E-state index in [0.29, 0.717) is 17.4 Å². The minimum Gasteiger partial charge on any atom is -0.466 e. The van der Waals surface area contributed by atoms with E-state index in [4.69, 9.17) is 4.74 Å². The van der Waals surface area contributed by atoms with Gasteiger partial charge in [-0.25, -0.2) is 4.98 Å². The number of alkyl halides is 3. The van der Waals surface area contributed by atoms with Crippen molar-refractivity contribution in [3.8, 4) is 0 Å². The molecule has 0 aliphatic heterocycles. The first-order valence-corrected chi connectivity index (χ1v) is 10.5. The van der Waals surface area contributed by atoms with E-state index < -0.39 is 29.7 Å².